The molecule has 0 saturated heterocycles. The number of carbonyl (C=O) groups excluding carboxylic acids is 4. The van der Waals surface area contributed by atoms with Crippen molar-refractivity contribution in [3.8, 4) is 0 Å². The van der Waals surface area contributed by atoms with E-state index in [1.165, 1.54) is 25.1 Å². The van der Waals surface area contributed by atoms with Crippen molar-refractivity contribution in [3.05, 3.63) is 47.0 Å². The van der Waals surface area contributed by atoms with E-state index in [4.69, 9.17) is 5.73 Å². The first-order chi connectivity index (χ1) is 9.95. The summed E-state index contributed by atoms with van der Waals surface area (Å²) in [5, 5.41) is 2.82. The van der Waals surface area contributed by atoms with Crippen LogP contribution in [-0.2, 0) is 4.79 Å². The third-order valence-electron chi connectivity index (χ3n) is 3.00. The molecule has 2 aromatic carbocycles. The lowest BCUT2D eigenvalue weighted by Gasteiger charge is -2.11. The Morgan fingerprint density at radius 2 is 1.81 bits per heavy atom. The molecule has 0 aromatic heterocycles. The van der Waals surface area contributed by atoms with Gasteiger partial charge in [-0.1, -0.05) is 18.2 Å². The van der Waals surface area contributed by atoms with Gasteiger partial charge in [0.15, 0.2) is 6.29 Å². The normalized spacial score (nSPS) is 10.1. The number of nitrogens with two attached hydrogens (primary N) is 1. The van der Waals surface area contributed by atoms with Crippen LogP contribution < -0.4 is 11.1 Å². The fourth-order valence-electron chi connectivity index (χ4n) is 2.15. The summed E-state index contributed by atoms with van der Waals surface area (Å²) in [6.45, 7) is 1.20. The standard InChI is InChI=1S/C15H12N2O4/c1-8(19)17-15(21)12-6-5-9(7-18)10-3-2-4-11(13(10)12)14(16)20/h2-7H,1H3,(H2,16,20)(H,17,19,21). The number of aldehydes is 1. The monoisotopic (exact) mass is 284 g/mol. The zero-order valence-corrected chi connectivity index (χ0v) is 11.2. The number of rotatable bonds is 3. The first-order valence-electron chi connectivity index (χ1n) is 6.08. The zero-order chi connectivity index (χ0) is 15.6. The summed E-state index contributed by atoms with van der Waals surface area (Å²) in [5.74, 6) is -1.90. The maximum atomic E-state index is 12.1. The molecule has 0 saturated carbocycles. The lowest BCUT2D eigenvalue weighted by molar-refractivity contribution is -0.118. The molecule has 0 atom stereocenters. The fourth-order valence-corrected chi connectivity index (χ4v) is 2.15. The van der Waals surface area contributed by atoms with E-state index in [0.29, 0.717) is 17.2 Å². The van der Waals surface area contributed by atoms with Gasteiger partial charge in [0.2, 0.25) is 11.8 Å². The Kier molecular flexibility index (Phi) is 3.80. The number of amides is 3. The van der Waals surface area contributed by atoms with Gasteiger partial charge in [-0.25, -0.2) is 0 Å². The molecular formula is C15H12N2O4. The fraction of sp³-hybridized carbons (Fsp3) is 0.0667. The summed E-state index contributed by atoms with van der Waals surface area (Å²) >= 11 is 0. The second kappa shape index (κ2) is 5.54. The van der Waals surface area contributed by atoms with Crippen LogP contribution in [0.3, 0.4) is 0 Å². The van der Waals surface area contributed by atoms with Crippen LogP contribution in [0.15, 0.2) is 30.3 Å². The molecule has 0 aliphatic carbocycles. The molecule has 0 bridgehead atoms. The number of benzene rings is 2. The number of nitrogens with one attached hydrogen (secondary N) is 1. The Labute approximate surface area is 119 Å². The lowest BCUT2D eigenvalue weighted by Crippen LogP contribution is -2.28. The molecule has 0 heterocycles. The molecule has 0 aliphatic rings. The van der Waals surface area contributed by atoms with E-state index in [1.807, 2.05) is 0 Å². The minimum Gasteiger partial charge on any atom is -0.366 e. The van der Waals surface area contributed by atoms with Gasteiger partial charge in [0, 0.05) is 29.0 Å². The number of primary amides is 1. The molecule has 21 heavy (non-hydrogen) atoms. The van der Waals surface area contributed by atoms with Crippen LogP contribution in [0, 0.1) is 0 Å². The van der Waals surface area contributed by atoms with Crippen LogP contribution in [0.2, 0.25) is 0 Å². The van der Waals surface area contributed by atoms with Crippen LogP contribution in [-0.4, -0.2) is 24.0 Å². The quantitative estimate of drug-likeness (QED) is 0.821. The molecule has 0 aliphatic heterocycles. The van der Waals surface area contributed by atoms with Gasteiger partial charge < -0.3 is 5.73 Å². The van der Waals surface area contributed by atoms with Crippen molar-refractivity contribution in [2.45, 2.75) is 6.92 Å². The molecule has 0 fully saturated rings. The van der Waals surface area contributed by atoms with E-state index in [1.54, 1.807) is 12.1 Å². The highest BCUT2D eigenvalue weighted by Crippen LogP contribution is 2.25. The van der Waals surface area contributed by atoms with Crippen molar-refractivity contribution >= 4 is 34.8 Å². The zero-order valence-electron chi connectivity index (χ0n) is 11.2. The molecule has 0 unspecified atom stereocenters. The summed E-state index contributed by atoms with van der Waals surface area (Å²) in [4.78, 5) is 45.7. The van der Waals surface area contributed by atoms with Crippen molar-refractivity contribution in [3.63, 3.8) is 0 Å². The third-order valence-corrected chi connectivity index (χ3v) is 3.00. The molecule has 2 aromatic rings. The minimum absolute atomic E-state index is 0.111. The van der Waals surface area contributed by atoms with Gasteiger partial charge in [-0.15, -0.1) is 0 Å². The highest BCUT2D eigenvalue weighted by Gasteiger charge is 2.18. The van der Waals surface area contributed by atoms with Crippen LogP contribution in [0.1, 0.15) is 38.0 Å². The van der Waals surface area contributed by atoms with Crippen molar-refractivity contribution in [1.82, 2.24) is 5.32 Å². The Bertz CT molecular complexity index is 781. The Balaban J connectivity index is 2.83. The van der Waals surface area contributed by atoms with Crippen LogP contribution in [0.4, 0.5) is 0 Å². The van der Waals surface area contributed by atoms with E-state index >= 15 is 0 Å². The average Bonchev–Trinajstić information content (AvgIpc) is 2.44. The Morgan fingerprint density at radius 1 is 1.10 bits per heavy atom. The summed E-state index contributed by atoms with van der Waals surface area (Å²) in [6, 6.07) is 7.48. The van der Waals surface area contributed by atoms with Crippen molar-refractivity contribution in [2.24, 2.45) is 5.73 Å². The predicted molar refractivity (Wildman–Crippen MR) is 76.0 cm³/mol. The summed E-state index contributed by atoms with van der Waals surface area (Å²) in [6.07, 6.45) is 0.625. The smallest absolute Gasteiger partial charge is 0.258 e. The van der Waals surface area contributed by atoms with Gasteiger partial charge >= 0.3 is 0 Å². The number of fused-ring (bicyclic) bond motifs is 1. The highest BCUT2D eigenvalue weighted by molar-refractivity contribution is 6.19. The van der Waals surface area contributed by atoms with E-state index < -0.39 is 17.7 Å². The number of carbonyl (C=O) groups is 4. The van der Waals surface area contributed by atoms with Gasteiger partial charge in [-0.3, -0.25) is 24.5 Å². The molecule has 0 radical (unpaired) electrons. The maximum Gasteiger partial charge on any atom is 0.258 e. The van der Waals surface area contributed by atoms with E-state index in [0.717, 1.165) is 0 Å². The summed E-state index contributed by atoms with van der Waals surface area (Å²) in [7, 11) is 0. The van der Waals surface area contributed by atoms with Crippen molar-refractivity contribution in [1.29, 1.82) is 0 Å². The SMILES string of the molecule is CC(=O)NC(=O)c1ccc(C=O)c2cccc(C(N)=O)c12. The van der Waals surface area contributed by atoms with Gasteiger partial charge in [-0.05, 0) is 17.5 Å². The molecule has 0 spiro atoms. The van der Waals surface area contributed by atoms with E-state index in [2.05, 4.69) is 5.32 Å². The Hall–Kier alpha value is -3.02. The second-order valence-corrected chi connectivity index (χ2v) is 4.42. The first kappa shape index (κ1) is 14.4. The molecular weight excluding hydrogens is 272 g/mol. The van der Waals surface area contributed by atoms with Crippen molar-refractivity contribution in [2.75, 3.05) is 0 Å². The van der Waals surface area contributed by atoms with Crippen LogP contribution in [0.5, 0.6) is 0 Å². The largest absolute Gasteiger partial charge is 0.366 e. The minimum atomic E-state index is -0.722. The van der Waals surface area contributed by atoms with E-state index in [9.17, 15) is 19.2 Å². The molecule has 2 rings (SSSR count). The second-order valence-electron chi connectivity index (χ2n) is 4.42. The van der Waals surface area contributed by atoms with E-state index in [-0.39, 0.29) is 16.5 Å². The Morgan fingerprint density at radius 3 is 2.38 bits per heavy atom. The first-order valence-corrected chi connectivity index (χ1v) is 6.08. The lowest BCUT2D eigenvalue weighted by atomic mass is 9.95. The number of hydrogen-bond donors (Lipinski definition) is 2. The topological polar surface area (TPSA) is 106 Å². The molecule has 3 N–H and O–H groups in total. The summed E-state index contributed by atoms with van der Waals surface area (Å²) < 4.78 is 0. The number of imide groups is 1. The molecule has 3 amide bonds. The van der Waals surface area contributed by atoms with Gasteiger partial charge in [0.25, 0.3) is 5.91 Å². The van der Waals surface area contributed by atoms with Crippen molar-refractivity contribution < 1.29 is 19.2 Å². The third kappa shape index (κ3) is 2.64. The van der Waals surface area contributed by atoms with Gasteiger partial charge in [-0.2, -0.15) is 0 Å². The van der Waals surface area contributed by atoms with Crippen LogP contribution >= 0.6 is 0 Å². The molecule has 6 heteroatoms. The summed E-state index contributed by atoms with van der Waals surface area (Å²) in [5.41, 5.74) is 5.87. The highest BCUT2D eigenvalue weighted by atomic mass is 16.2. The van der Waals surface area contributed by atoms with Gasteiger partial charge in [0.1, 0.15) is 0 Å². The number of hydrogen-bond acceptors (Lipinski definition) is 4. The molecule has 106 valence electrons. The maximum absolute atomic E-state index is 12.1. The van der Waals surface area contributed by atoms with Gasteiger partial charge in [0.05, 0.1) is 0 Å². The van der Waals surface area contributed by atoms with Crippen LogP contribution in [0.25, 0.3) is 10.8 Å². The molecule has 6 nitrogen and oxygen atoms in total. The predicted octanol–water partition coefficient (Wildman–Crippen LogP) is 1.03. The average molecular weight is 284 g/mol.